The molecule has 1 aliphatic rings. The summed E-state index contributed by atoms with van der Waals surface area (Å²) >= 11 is 0. The van der Waals surface area contributed by atoms with Crippen LogP contribution in [0, 0.1) is 0 Å². The molecule has 0 N–H and O–H groups in total. The first-order chi connectivity index (χ1) is 17.7. The summed E-state index contributed by atoms with van der Waals surface area (Å²) in [6.07, 6.45) is 7.21. The van der Waals surface area contributed by atoms with Crippen LogP contribution in [0.2, 0.25) is 0 Å². The van der Waals surface area contributed by atoms with Crippen LogP contribution in [0.4, 0.5) is 0 Å². The molecule has 4 aromatic rings. The summed E-state index contributed by atoms with van der Waals surface area (Å²) < 4.78 is 23.3. The van der Waals surface area contributed by atoms with Crippen LogP contribution in [0.5, 0.6) is 28.7 Å². The summed E-state index contributed by atoms with van der Waals surface area (Å²) in [4.78, 5) is 0. The van der Waals surface area contributed by atoms with Crippen LogP contribution in [-0.2, 0) is 5.60 Å². The van der Waals surface area contributed by atoms with Crippen molar-refractivity contribution in [3.63, 3.8) is 0 Å². The molecular weight excluding hydrogens is 448 g/mol. The molecule has 0 saturated heterocycles. The van der Waals surface area contributed by atoms with Crippen molar-refractivity contribution in [1.29, 1.82) is 0 Å². The lowest BCUT2D eigenvalue weighted by molar-refractivity contribution is 0.121. The Labute approximate surface area is 212 Å². The molecule has 1 aliphatic carbocycles. The lowest BCUT2D eigenvalue weighted by Crippen LogP contribution is -2.31. The van der Waals surface area contributed by atoms with Crippen LogP contribution in [0.1, 0.15) is 17.5 Å². The van der Waals surface area contributed by atoms with Crippen molar-refractivity contribution < 1.29 is 18.9 Å². The Bertz CT molecular complexity index is 1370. The number of hydrogen-bond donors (Lipinski definition) is 0. The van der Waals surface area contributed by atoms with E-state index in [1.165, 1.54) is 0 Å². The zero-order chi connectivity index (χ0) is 24.8. The van der Waals surface area contributed by atoms with Gasteiger partial charge in [-0.2, -0.15) is 0 Å². The maximum absolute atomic E-state index is 6.62. The fraction of sp³-hybridized carbons (Fsp3) is 0.125. The van der Waals surface area contributed by atoms with E-state index in [1.807, 2.05) is 78.9 Å². The Hall–Kier alpha value is -4.44. The molecule has 0 amide bonds. The second kappa shape index (κ2) is 10.4. The Morgan fingerprint density at radius 2 is 1.25 bits per heavy atom. The molecular formula is C32H28O4. The van der Waals surface area contributed by atoms with E-state index in [4.69, 9.17) is 18.9 Å². The number of allylic oxidation sites excluding steroid dienone is 2. The number of benzene rings is 4. The zero-order valence-electron chi connectivity index (χ0n) is 20.4. The third kappa shape index (κ3) is 5.13. The lowest BCUT2D eigenvalue weighted by Gasteiger charge is -2.34. The Morgan fingerprint density at radius 1 is 0.611 bits per heavy atom. The van der Waals surface area contributed by atoms with E-state index in [2.05, 4.69) is 42.5 Å². The van der Waals surface area contributed by atoms with E-state index in [0.717, 1.165) is 45.4 Å². The molecule has 180 valence electrons. The summed E-state index contributed by atoms with van der Waals surface area (Å²) in [5.41, 5.74) is 2.75. The summed E-state index contributed by atoms with van der Waals surface area (Å²) in [5, 5.41) is 0. The number of hydrogen-bond acceptors (Lipinski definition) is 4. The predicted octanol–water partition coefficient (Wildman–Crippen LogP) is 7.81. The van der Waals surface area contributed by atoms with Crippen molar-refractivity contribution in [1.82, 2.24) is 0 Å². The minimum atomic E-state index is -0.605. The Morgan fingerprint density at radius 3 is 1.89 bits per heavy atom. The highest BCUT2D eigenvalue weighted by molar-refractivity contribution is 5.76. The summed E-state index contributed by atoms with van der Waals surface area (Å²) in [7, 11) is 3.31. The molecule has 1 unspecified atom stereocenters. The van der Waals surface area contributed by atoms with E-state index in [9.17, 15) is 0 Å². The third-order valence-electron chi connectivity index (χ3n) is 6.23. The quantitative estimate of drug-likeness (QED) is 0.260. The highest BCUT2D eigenvalue weighted by Crippen LogP contribution is 2.39. The van der Waals surface area contributed by atoms with Gasteiger partial charge in [-0.1, -0.05) is 66.7 Å². The highest BCUT2D eigenvalue weighted by atomic mass is 16.5. The second-order valence-corrected chi connectivity index (χ2v) is 8.54. The molecule has 36 heavy (non-hydrogen) atoms. The maximum atomic E-state index is 6.62. The smallest absolute Gasteiger partial charge is 0.156 e. The highest BCUT2D eigenvalue weighted by Gasteiger charge is 2.33. The largest absolute Gasteiger partial charge is 0.497 e. The van der Waals surface area contributed by atoms with Gasteiger partial charge < -0.3 is 18.9 Å². The van der Waals surface area contributed by atoms with Crippen molar-refractivity contribution in [2.24, 2.45) is 0 Å². The van der Waals surface area contributed by atoms with Gasteiger partial charge in [0.25, 0.3) is 0 Å². The van der Waals surface area contributed by atoms with Crippen LogP contribution < -0.4 is 18.9 Å². The van der Waals surface area contributed by atoms with E-state index < -0.39 is 5.60 Å². The molecule has 0 radical (unpaired) electrons. The minimum Gasteiger partial charge on any atom is -0.497 e. The van der Waals surface area contributed by atoms with Gasteiger partial charge in [-0.05, 0) is 59.2 Å². The third-order valence-corrected chi connectivity index (χ3v) is 6.23. The van der Waals surface area contributed by atoms with Crippen LogP contribution in [0.15, 0.2) is 121 Å². The molecule has 4 heteroatoms. The van der Waals surface area contributed by atoms with Gasteiger partial charge in [-0.3, -0.25) is 0 Å². The normalized spacial score (nSPS) is 16.7. The van der Waals surface area contributed by atoms with Crippen molar-refractivity contribution in [3.8, 4) is 28.7 Å². The molecule has 0 aliphatic heterocycles. The molecule has 0 bridgehead atoms. The van der Waals surface area contributed by atoms with E-state index in [1.54, 1.807) is 14.2 Å². The maximum Gasteiger partial charge on any atom is 0.156 e. The van der Waals surface area contributed by atoms with Crippen molar-refractivity contribution in [2.45, 2.75) is 12.0 Å². The van der Waals surface area contributed by atoms with Gasteiger partial charge in [0.15, 0.2) is 5.60 Å². The molecule has 0 aromatic heterocycles. The van der Waals surface area contributed by atoms with E-state index in [0.29, 0.717) is 6.42 Å². The van der Waals surface area contributed by atoms with Crippen LogP contribution in [0.25, 0.3) is 5.57 Å². The van der Waals surface area contributed by atoms with Gasteiger partial charge in [-0.15, -0.1) is 0 Å². The van der Waals surface area contributed by atoms with Crippen molar-refractivity contribution >= 4 is 5.57 Å². The second-order valence-electron chi connectivity index (χ2n) is 8.54. The van der Waals surface area contributed by atoms with Gasteiger partial charge in [-0.25, -0.2) is 0 Å². The van der Waals surface area contributed by atoms with Crippen LogP contribution in [-0.4, -0.2) is 14.2 Å². The van der Waals surface area contributed by atoms with Gasteiger partial charge in [0.1, 0.15) is 28.7 Å². The molecule has 0 spiro atoms. The fourth-order valence-corrected chi connectivity index (χ4v) is 4.30. The van der Waals surface area contributed by atoms with Gasteiger partial charge in [0.2, 0.25) is 0 Å². The average molecular weight is 477 g/mol. The monoisotopic (exact) mass is 476 g/mol. The Kier molecular flexibility index (Phi) is 6.76. The standard InChI is InChI=1S/C32H28O4/c1-33-28-10-6-12-30(22-28)35-27-16-14-24(15-17-27)25-18-20-32(21-19-25,26-8-4-3-5-9-26)36-31-13-7-11-29(23-31)34-2/h3-20,22-23H,21H2,1-2H3. The first-order valence-electron chi connectivity index (χ1n) is 11.9. The molecule has 5 rings (SSSR count). The number of ether oxygens (including phenoxy) is 4. The predicted molar refractivity (Wildman–Crippen MR) is 143 cm³/mol. The summed E-state index contributed by atoms with van der Waals surface area (Å²) in [5.74, 6) is 3.80. The first-order valence-corrected chi connectivity index (χ1v) is 11.9. The lowest BCUT2D eigenvalue weighted by atomic mass is 9.84. The van der Waals surface area contributed by atoms with E-state index in [-0.39, 0.29) is 0 Å². The van der Waals surface area contributed by atoms with Gasteiger partial charge in [0, 0.05) is 18.6 Å². The van der Waals surface area contributed by atoms with Crippen molar-refractivity contribution in [2.75, 3.05) is 14.2 Å². The molecule has 0 heterocycles. The minimum absolute atomic E-state index is 0.605. The van der Waals surface area contributed by atoms with Crippen LogP contribution >= 0.6 is 0 Å². The number of rotatable bonds is 8. The van der Waals surface area contributed by atoms with Gasteiger partial charge >= 0.3 is 0 Å². The summed E-state index contributed by atoms with van der Waals surface area (Å²) in [6, 6.07) is 33.7. The number of methoxy groups -OCH3 is 2. The fourth-order valence-electron chi connectivity index (χ4n) is 4.30. The van der Waals surface area contributed by atoms with Crippen LogP contribution in [0.3, 0.4) is 0 Å². The van der Waals surface area contributed by atoms with Crippen molar-refractivity contribution in [3.05, 3.63) is 132 Å². The topological polar surface area (TPSA) is 36.9 Å². The molecule has 0 fully saturated rings. The molecule has 4 nitrogen and oxygen atoms in total. The Balaban J connectivity index is 1.36. The molecule has 4 aromatic carbocycles. The molecule has 1 atom stereocenters. The molecule has 0 saturated carbocycles. The SMILES string of the molecule is COc1cccc(Oc2ccc(C3=CCC(Oc4cccc(OC)c4)(c4ccccc4)C=C3)cc2)c1. The first kappa shape index (κ1) is 23.3. The van der Waals surface area contributed by atoms with Gasteiger partial charge in [0.05, 0.1) is 14.2 Å². The van der Waals surface area contributed by atoms with E-state index >= 15 is 0 Å². The summed E-state index contributed by atoms with van der Waals surface area (Å²) in [6.45, 7) is 0. The zero-order valence-corrected chi connectivity index (χ0v) is 20.4. The average Bonchev–Trinajstić information content (AvgIpc) is 2.94.